The maximum absolute atomic E-state index is 12.8. The van der Waals surface area contributed by atoms with Gasteiger partial charge in [-0.25, -0.2) is 9.37 Å². The molecule has 1 saturated heterocycles. The average molecular weight is 689 g/mol. The summed E-state index contributed by atoms with van der Waals surface area (Å²) in [7, 11) is 0. The molecule has 0 spiro atoms. The molecule has 274 valence electrons. The minimum Gasteiger partial charge on any atom is -0.461 e. The van der Waals surface area contributed by atoms with Crippen LogP contribution in [0.5, 0.6) is 5.75 Å². The predicted molar refractivity (Wildman–Crippen MR) is 205 cm³/mol. The van der Waals surface area contributed by atoms with Gasteiger partial charge >= 0.3 is 0 Å². The molecule has 1 aliphatic rings. The molecule has 1 unspecified atom stereocenters. The Morgan fingerprint density at radius 2 is 1.56 bits per heavy atom. The van der Waals surface area contributed by atoms with E-state index in [1.54, 1.807) is 31.5 Å². The van der Waals surface area contributed by atoms with Crippen molar-refractivity contribution in [3.8, 4) is 17.0 Å². The second-order valence-electron chi connectivity index (χ2n) is 13.1. The number of rotatable bonds is 10. The van der Waals surface area contributed by atoms with Gasteiger partial charge in [0, 0.05) is 50.0 Å². The number of halogens is 1. The fourth-order valence-electron chi connectivity index (χ4n) is 6.25. The highest BCUT2D eigenvalue weighted by Crippen LogP contribution is 2.39. The van der Waals surface area contributed by atoms with E-state index in [1.807, 2.05) is 74.4 Å². The van der Waals surface area contributed by atoms with Crippen molar-refractivity contribution in [2.24, 2.45) is 5.41 Å². The van der Waals surface area contributed by atoms with Crippen LogP contribution in [0.25, 0.3) is 16.9 Å². The van der Waals surface area contributed by atoms with Gasteiger partial charge in [0.15, 0.2) is 5.65 Å². The van der Waals surface area contributed by atoms with E-state index in [-0.39, 0.29) is 17.1 Å². The van der Waals surface area contributed by atoms with E-state index in [0.717, 1.165) is 66.1 Å². The zero-order chi connectivity index (χ0) is 37.3. The Balaban J connectivity index is 0.000000287. The number of hydrogen-bond donors (Lipinski definition) is 0. The molecule has 0 saturated carbocycles. The molecular formula is C42H61FN4O3. The first-order valence-electron chi connectivity index (χ1n) is 18.5. The molecule has 2 aromatic heterocycles. The van der Waals surface area contributed by atoms with E-state index in [1.165, 1.54) is 38.2 Å². The lowest BCUT2D eigenvalue weighted by molar-refractivity contribution is -0.120. The summed E-state index contributed by atoms with van der Waals surface area (Å²) in [6.45, 7) is 21.1. The number of imidazole rings is 1. The topological polar surface area (TPSA) is 76.8 Å². The van der Waals surface area contributed by atoms with Crippen LogP contribution in [0, 0.1) is 26.2 Å². The van der Waals surface area contributed by atoms with Crippen molar-refractivity contribution in [2.75, 3.05) is 13.1 Å². The third kappa shape index (κ3) is 12.4. The number of aryl methyl sites for hydroxylation is 3. The minimum absolute atomic E-state index is 0.102. The molecule has 1 atom stereocenters. The van der Waals surface area contributed by atoms with Crippen molar-refractivity contribution in [3.05, 3.63) is 83.4 Å². The summed E-state index contributed by atoms with van der Waals surface area (Å²) in [5.41, 5.74) is 6.80. The first-order chi connectivity index (χ1) is 23.9. The normalized spacial score (nSPS) is 13.9. The summed E-state index contributed by atoms with van der Waals surface area (Å²) in [4.78, 5) is 34.8. The third-order valence-electron chi connectivity index (χ3n) is 9.11. The van der Waals surface area contributed by atoms with Crippen LogP contribution in [0.3, 0.4) is 0 Å². The fourth-order valence-corrected chi connectivity index (χ4v) is 6.25. The van der Waals surface area contributed by atoms with Gasteiger partial charge in [0.25, 0.3) is 5.91 Å². The Bertz CT molecular complexity index is 1600. The van der Waals surface area contributed by atoms with Crippen LogP contribution in [0.4, 0.5) is 4.39 Å². The van der Waals surface area contributed by atoms with E-state index >= 15 is 0 Å². The number of likely N-dealkylation sites (tertiary alicyclic amines) is 1. The van der Waals surface area contributed by atoms with E-state index in [4.69, 9.17) is 4.74 Å². The number of carbonyl (C=O) groups excluding carboxylic acids is 2. The Morgan fingerprint density at radius 3 is 2.08 bits per heavy atom. The first-order valence-corrected chi connectivity index (χ1v) is 18.5. The van der Waals surface area contributed by atoms with Crippen LogP contribution in [0.2, 0.25) is 0 Å². The van der Waals surface area contributed by atoms with Gasteiger partial charge in [-0.1, -0.05) is 78.0 Å². The standard InChI is InChI=1S/C19H27NO2.C15H14FN3O.C6H14.C2H6/c1-5-19(13-16(4)21)8-10-20(11-9-19)18(22)17-7-6-14(2)12-15(17)3;1-10-15-18-9-14(19(15)8-7-17-10)12-3-5-13(6-4-12)20-11(2)16;1-3-5-6-4-2;1-2/h6-7,12H,5,8-11,13H2,1-4H3;3-9,11H,1-2H3;3-6H2,1-2H3;1-2H3. The van der Waals surface area contributed by atoms with Crippen LogP contribution in [-0.2, 0) is 4.79 Å². The highest BCUT2D eigenvalue weighted by atomic mass is 19.1. The minimum atomic E-state index is -1.31. The number of amides is 1. The quantitative estimate of drug-likeness (QED) is 0.155. The fraction of sp³-hybridized carbons (Fsp3) is 0.524. The number of nitrogens with zero attached hydrogens (tertiary/aromatic N) is 4. The Morgan fingerprint density at radius 1 is 0.940 bits per heavy atom. The number of piperidine rings is 1. The molecule has 1 fully saturated rings. The molecule has 5 rings (SSSR count). The zero-order valence-corrected chi connectivity index (χ0v) is 32.3. The molecular weight excluding hydrogens is 627 g/mol. The predicted octanol–water partition coefficient (Wildman–Crippen LogP) is 10.9. The van der Waals surface area contributed by atoms with Gasteiger partial charge < -0.3 is 14.4 Å². The maximum atomic E-state index is 12.8. The lowest BCUT2D eigenvalue weighted by Crippen LogP contribution is -2.43. The summed E-state index contributed by atoms with van der Waals surface area (Å²) >= 11 is 0. The number of unbranched alkanes of at least 4 members (excludes halogenated alkanes) is 3. The second kappa shape index (κ2) is 21.2. The summed E-state index contributed by atoms with van der Waals surface area (Å²) < 4.78 is 19.7. The zero-order valence-electron chi connectivity index (χ0n) is 32.3. The maximum Gasteiger partial charge on any atom is 0.254 e. The average Bonchev–Trinajstić information content (AvgIpc) is 3.54. The number of benzene rings is 2. The van der Waals surface area contributed by atoms with Crippen LogP contribution in [-0.4, -0.2) is 50.4 Å². The van der Waals surface area contributed by atoms with Crippen molar-refractivity contribution < 1.29 is 18.7 Å². The van der Waals surface area contributed by atoms with Crippen LogP contribution in [0.15, 0.2) is 61.1 Å². The molecule has 0 N–H and O–H groups in total. The Kier molecular flexibility index (Phi) is 17.9. The lowest BCUT2D eigenvalue weighted by Gasteiger charge is -2.41. The summed E-state index contributed by atoms with van der Waals surface area (Å²) in [5, 5.41) is 0. The number of fused-ring (bicyclic) bond motifs is 1. The summed E-state index contributed by atoms with van der Waals surface area (Å²) in [6, 6.07) is 13.3. The SMILES string of the molecule is CC.CCC1(CC(C)=O)CCN(C(=O)c2ccc(C)cc2C)CC1.CCCCCC.Cc1nccn2c(-c3ccc(OC(C)F)cc3)cnc12. The van der Waals surface area contributed by atoms with Gasteiger partial charge in [-0.15, -0.1) is 0 Å². The second-order valence-corrected chi connectivity index (χ2v) is 13.1. The largest absolute Gasteiger partial charge is 0.461 e. The molecule has 50 heavy (non-hydrogen) atoms. The van der Waals surface area contributed by atoms with Gasteiger partial charge in [0.05, 0.1) is 17.6 Å². The molecule has 4 aromatic rings. The number of Topliss-reactive ketones (excluding diaryl/α,β-unsaturated/α-hetero) is 1. The Hall–Kier alpha value is -4.07. The van der Waals surface area contributed by atoms with E-state index < -0.39 is 6.36 Å². The van der Waals surface area contributed by atoms with Crippen molar-refractivity contribution >= 4 is 17.3 Å². The molecule has 0 radical (unpaired) electrons. The molecule has 0 aliphatic carbocycles. The van der Waals surface area contributed by atoms with Gasteiger partial charge in [-0.2, -0.15) is 0 Å². The molecule has 3 heterocycles. The highest BCUT2D eigenvalue weighted by Gasteiger charge is 2.35. The number of ether oxygens (including phenoxy) is 1. The van der Waals surface area contributed by atoms with E-state index in [9.17, 15) is 14.0 Å². The molecule has 8 heteroatoms. The van der Waals surface area contributed by atoms with Crippen molar-refractivity contribution in [1.82, 2.24) is 19.3 Å². The van der Waals surface area contributed by atoms with Gasteiger partial charge in [0.1, 0.15) is 11.5 Å². The van der Waals surface area contributed by atoms with Gasteiger partial charge in [0.2, 0.25) is 6.36 Å². The number of aromatic nitrogens is 3. The summed E-state index contributed by atoms with van der Waals surface area (Å²) in [5.74, 6) is 0.899. The number of ketones is 1. The molecule has 1 aliphatic heterocycles. The number of hydrogen-bond acceptors (Lipinski definition) is 5. The molecule has 2 aromatic carbocycles. The smallest absolute Gasteiger partial charge is 0.254 e. The van der Waals surface area contributed by atoms with Gasteiger partial charge in [-0.3, -0.25) is 14.2 Å². The third-order valence-corrected chi connectivity index (χ3v) is 9.11. The lowest BCUT2D eigenvalue weighted by atomic mass is 9.72. The summed E-state index contributed by atoms with van der Waals surface area (Å²) in [6.07, 6.45) is 13.2. The molecule has 7 nitrogen and oxygen atoms in total. The van der Waals surface area contributed by atoms with Crippen molar-refractivity contribution in [2.45, 2.75) is 127 Å². The number of carbonyl (C=O) groups is 2. The van der Waals surface area contributed by atoms with Gasteiger partial charge in [-0.05, 0) is 88.3 Å². The number of alkyl halides is 1. The van der Waals surface area contributed by atoms with E-state index in [2.05, 4.69) is 36.8 Å². The van der Waals surface area contributed by atoms with Crippen molar-refractivity contribution in [1.29, 1.82) is 0 Å². The highest BCUT2D eigenvalue weighted by molar-refractivity contribution is 5.95. The Labute approximate surface area is 300 Å². The molecule has 0 bridgehead atoms. The van der Waals surface area contributed by atoms with Crippen LogP contribution in [0.1, 0.15) is 127 Å². The monoisotopic (exact) mass is 688 g/mol. The van der Waals surface area contributed by atoms with Crippen LogP contribution >= 0.6 is 0 Å². The molecule has 1 amide bonds. The van der Waals surface area contributed by atoms with Crippen LogP contribution < -0.4 is 4.74 Å². The van der Waals surface area contributed by atoms with E-state index in [0.29, 0.717) is 12.2 Å². The van der Waals surface area contributed by atoms with Crippen molar-refractivity contribution in [3.63, 3.8) is 0 Å². The first kappa shape index (κ1) is 42.1.